The summed E-state index contributed by atoms with van der Waals surface area (Å²) in [5.41, 5.74) is 6.29. The van der Waals surface area contributed by atoms with Gasteiger partial charge in [0.1, 0.15) is 23.6 Å². The van der Waals surface area contributed by atoms with Crippen LogP contribution in [0.25, 0.3) is 0 Å². The minimum absolute atomic E-state index is 0.0444. The fraction of sp³-hybridized carbons (Fsp3) is 0.556. The number of nitrogens with two attached hydrogens (primary N) is 1. The number of hydrogen-bond donors (Lipinski definition) is 2. The van der Waals surface area contributed by atoms with Crippen LogP contribution in [-0.2, 0) is 19.1 Å². The molecule has 0 saturated carbocycles. The molecule has 0 aromatic heterocycles. The van der Waals surface area contributed by atoms with E-state index in [-0.39, 0.29) is 47.3 Å². The lowest BCUT2D eigenvalue weighted by atomic mass is 9.79. The van der Waals surface area contributed by atoms with E-state index in [0.717, 1.165) is 16.3 Å². The second kappa shape index (κ2) is 11.0. The highest BCUT2D eigenvalue weighted by Crippen LogP contribution is 2.52. The van der Waals surface area contributed by atoms with Crippen molar-refractivity contribution in [2.75, 3.05) is 13.3 Å². The molecule has 7 atom stereocenters. The van der Waals surface area contributed by atoms with E-state index in [4.69, 9.17) is 36.9 Å². The maximum Gasteiger partial charge on any atom is 0.361 e. The molecule has 1 aromatic rings. The number of carbonyl (C=O) groups is 3. The standard InChI is InChI=1S/C27H33N3O7S2/c1-5-12(2)21(28)26(32)36-14(4)20-22-13(3)24(39-16-9-19(38)29-10-16)23(30(22)25(20)31)27(33)37-15-6-7-17-18(8-15)35-11-34-17/h6-8,12-14,16,20-22H,5,9-11,28H2,1-4H3,(H,29,38)/t12?,13-,14-,16-,20-,21+,22-/m1/s1. The minimum Gasteiger partial charge on any atom is -0.461 e. The van der Waals surface area contributed by atoms with Crippen molar-refractivity contribution in [1.29, 1.82) is 0 Å². The molecule has 5 rings (SSSR count). The highest BCUT2D eigenvalue weighted by molar-refractivity contribution is 8.03. The van der Waals surface area contributed by atoms with Crippen molar-refractivity contribution in [2.45, 2.75) is 64.0 Å². The summed E-state index contributed by atoms with van der Waals surface area (Å²) in [6, 6.07) is 3.77. The third-order valence-corrected chi connectivity index (χ3v) is 9.70. The first-order valence-corrected chi connectivity index (χ1v) is 14.5. The molecule has 1 amide bonds. The molecule has 2 saturated heterocycles. The summed E-state index contributed by atoms with van der Waals surface area (Å²) < 4.78 is 22.1. The highest BCUT2D eigenvalue weighted by Gasteiger charge is 2.61. The van der Waals surface area contributed by atoms with Crippen LogP contribution in [0.2, 0.25) is 0 Å². The van der Waals surface area contributed by atoms with Gasteiger partial charge in [-0.15, -0.1) is 11.8 Å². The third kappa shape index (κ3) is 5.09. The zero-order valence-corrected chi connectivity index (χ0v) is 23.9. The van der Waals surface area contributed by atoms with Crippen molar-refractivity contribution < 1.29 is 33.3 Å². The van der Waals surface area contributed by atoms with E-state index in [1.54, 1.807) is 36.9 Å². The average Bonchev–Trinajstić information content (AvgIpc) is 3.60. The number of thioether (sulfide) groups is 1. The number of rotatable bonds is 9. The van der Waals surface area contributed by atoms with Crippen LogP contribution in [0.15, 0.2) is 28.8 Å². The van der Waals surface area contributed by atoms with Gasteiger partial charge in [-0.25, -0.2) is 4.79 Å². The van der Waals surface area contributed by atoms with Crippen molar-refractivity contribution in [3.63, 3.8) is 0 Å². The van der Waals surface area contributed by atoms with Gasteiger partial charge in [0.25, 0.3) is 0 Å². The first-order valence-electron chi connectivity index (χ1n) is 13.2. The van der Waals surface area contributed by atoms with E-state index in [1.807, 2.05) is 20.8 Å². The summed E-state index contributed by atoms with van der Waals surface area (Å²) in [5, 5.41) is 3.31. The van der Waals surface area contributed by atoms with Crippen molar-refractivity contribution >= 4 is 46.8 Å². The summed E-state index contributed by atoms with van der Waals surface area (Å²) in [7, 11) is 0. The molecule has 39 heavy (non-hydrogen) atoms. The number of carbonyl (C=O) groups excluding carboxylic acids is 3. The molecule has 0 radical (unpaired) electrons. The normalized spacial score (nSPS) is 27.5. The van der Waals surface area contributed by atoms with Crippen molar-refractivity contribution in [3.05, 3.63) is 28.8 Å². The highest BCUT2D eigenvalue weighted by atomic mass is 32.2. The summed E-state index contributed by atoms with van der Waals surface area (Å²) in [6.45, 7) is 8.32. The second-order valence-electron chi connectivity index (χ2n) is 10.4. The van der Waals surface area contributed by atoms with Crippen LogP contribution in [0.3, 0.4) is 0 Å². The van der Waals surface area contributed by atoms with Crippen LogP contribution >= 0.6 is 24.0 Å². The van der Waals surface area contributed by atoms with Crippen LogP contribution in [0.1, 0.15) is 40.5 Å². The van der Waals surface area contributed by atoms with E-state index in [9.17, 15) is 14.4 Å². The van der Waals surface area contributed by atoms with Gasteiger partial charge in [-0.2, -0.15) is 0 Å². The molecule has 1 aromatic carbocycles. The molecular weight excluding hydrogens is 542 g/mol. The van der Waals surface area contributed by atoms with E-state index >= 15 is 0 Å². The average molecular weight is 576 g/mol. The van der Waals surface area contributed by atoms with Crippen LogP contribution in [-0.4, -0.2) is 64.5 Å². The number of esters is 2. The Bertz CT molecular complexity index is 1240. The Morgan fingerprint density at radius 3 is 2.72 bits per heavy atom. The molecule has 4 aliphatic rings. The Morgan fingerprint density at radius 2 is 2.03 bits per heavy atom. The molecule has 210 valence electrons. The summed E-state index contributed by atoms with van der Waals surface area (Å²) in [6.07, 6.45) is 0.726. The lowest BCUT2D eigenvalue weighted by Crippen LogP contribution is -2.64. The van der Waals surface area contributed by atoms with E-state index in [0.29, 0.717) is 24.5 Å². The predicted octanol–water partition coefficient (Wildman–Crippen LogP) is 2.74. The Hall–Kier alpha value is -2.83. The lowest BCUT2D eigenvalue weighted by Gasteiger charge is -2.47. The van der Waals surface area contributed by atoms with Crippen molar-refractivity contribution in [2.24, 2.45) is 23.5 Å². The number of amides is 1. The van der Waals surface area contributed by atoms with Gasteiger partial charge in [0.2, 0.25) is 12.7 Å². The topological polar surface area (TPSA) is 129 Å². The number of fused-ring (bicyclic) bond motifs is 2. The van der Waals surface area contributed by atoms with Crippen LogP contribution in [0, 0.1) is 17.8 Å². The number of hydrogen-bond acceptors (Lipinski definition) is 10. The van der Waals surface area contributed by atoms with Gasteiger partial charge in [0.15, 0.2) is 11.5 Å². The molecule has 12 heteroatoms. The Balaban J connectivity index is 1.37. The van der Waals surface area contributed by atoms with Gasteiger partial charge in [-0.1, -0.05) is 39.4 Å². The molecule has 4 heterocycles. The van der Waals surface area contributed by atoms with E-state index < -0.39 is 30.0 Å². The van der Waals surface area contributed by atoms with Gasteiger partial charge >= 0.3 is 11.9 Å². The SMILES string of the molecule is CCC(C)[C@H](N)C(=O)O[C@H](C)[C@H]1C(=O)N2C(C(=O)Oc3ccc4c(c3)OCO4)=C(S[C@H]3CNC(=S)C3)[C@H](C)[C@H]12. The zero-order chi connectivity index (χ0) is 28.0. The van der Waals surface area contributed by atoms with Crippen LogP contribution in [0.5, 0.6) is 17.2 Å². The summed E-state index contributed by atoms with van der Waals surface area (Å²) >= 11 is 6.86. The number of nitrogens with one attached hydrogen (secondary N) is 1. The van der Waals surface area contributed by atoms with Gasteiger partial charge in [-0.05, 0) is 25.0 Å². The van der Waals surface area contributed by atoms with Crippen molar-refractivity contribution in [1.82, 2.24) is 10.2 Å². The van der Waals surface area contributed by atoms with Gasteiger partial charge in [0.05, 0.1) is 16.9 Å². The molecule has 0 bridgehead atoms. The maximum absolute atomic E-state index is 13.6. The Labute approximate surface area is 236 Å². The van der Waals surface area contributed by atoms with Crippen LogP contribution < -0.4 is 25.3 Å². The molecule has 10 nitrogen and oxygen atoms in total. The first-order chi connectivity index (χ1) is 18.6. The Kier molecular flexibility index (Phi) is 7.80. The predicted molar refractivity (Wildman–Crippen MR) is 148 cm³/mol. The molecule has 0 aliphatic carbocycles. The lowest BCUT2D eigenvalue weighted by molar-refractivity contribution is -0.173. The largest absolute Gasteiger partial charge is 0.461 e. The van der Waals surface area contributed by atoms with E-state index in [1.165, 1.54) is 4.90 Å². The maximum atomic E-state index is 13.6. The number of benzene rings is 1. The first kappa shape index (κ1) is 27.7. The quantitative estimate of drug-likeness (QED) is 0.195. The number of ether oxygens (including phenoxy) is 4. The number of β-lactam (4-membered cyclic amide) rings is 1. The Morgan fingerprint density at radius 1 is 1.28 bits per heavy atom. The molecule has 4 aliphatic heterocycles. The second-order valence-corrected chi connectivity index (χ2v) is 12.3. The summed E-state index contributed by atoms with van der Waals surface area (Å²) in [5.74, 6) is -0.904. The van der Waals surface area contributed by atoms with E-state index in [2.05, 4.69) is 5.32 Å². The molecule has 2 fully saturated rings. The summed E-state index contributed by atoms with van der Waals surface area (Å²) in [4.78, 5) is 42.8. The molecule has 1 unspecified atom stereocenters. The fourth-order valence-electron chi connectivity index (χ4n) is 5.41. The molecule has 3 N–H and O–H groups in total. The third-order valence-electron chi connectivity index (χ3n) is 7.91. The fourth-order valence-corrected chi connectivity index (χ4v) is 7.23. The number of thiocarbonyl (C=S) groups is 1. The van der Waals surface area contributed by atoms with Gasteiger partial charge < -0.3 is 34.9 Å². The molecular formula is C27H33N3O7S2. The van der Waals surface area contributed by atoms with Crippen molar-refractivity contribution in [3.8, 4) is 17.2 Å². The smallest absolute Gasteiger partial charge is 0.361 e. The van der Waals surface area contributed by atoms with Gasteiger partial charge in [0, 0.05) is 35.1 Å². The monoisotopic (exact) mass is 575 g/mol. The van der Waals surface area contributed by atoms with Crippen LogP contribution in [0.4, 0.5) is 0 Å². The zero-order valence-electron chi connectivity index (χ0n) is 22.3. The minimum atomic E-state index is -0.764. The number of nitrogens with zero attached hydrogens (tertiary/aromatic N) is 1. The molecule has 0 spiro atoms. The van der Waals surface area contributed by atoms with Gasteiger partial charge in [-0.3, -0.25) is 9.59 Å².